The lowest BCUT2D eigenvalue weighted by Crippen LogP contribution is -2.48. The number of carbonyl (C=O) groups excluding carboxylic acids is 1. The summed E-state index contributed by atoms with van der Waals surface area (Å²) >= 11 is 5.92. The van der Waals surface area contributed by atoms with E-state index >= 15 is 0 Å². The van der Waals surface area contributed by atoms with Crippen LogP contribution in [0.5, 0.6) is 0 Å². The van der Waals surface area contributed by atoms with Crippen LogP contribution in [0.2, 0.25) is 5.15 Å². The van der Waals surface area contributed by atoms with Crippen molar-refractivity contribution in [3.63, 3.8) is 0 Å². The Kier molecular flexibility index (Phi) is 4.64. The zero-order valence-electron chi connectivity index (χ0n) is 11.4. The Bertz CT molecular complexity index is 450. The molecule has 0 saturated carbocycles. The largest absolute Gasteiger partial charge is 0.369 e. The second-order valence-corrected chi connectivity index (χ2v) is 5.67. The number of rotatable bonds is 3. The van der Waals surface area contributed by atoms with E-state index in [1.165, 1.54) is 0 Å². The van der Waals surface area contributed by atoms with Crippen LogP contribution in [0.4, 0.5) is 5.69 Å². The third-order valence-corrected chi connectivity index (χ3v) is 3.57. The monoisotopic (exact) mass is 281 g/mol. The molecule has 0 aromatic carbocycles. The van der Waals surface area contributed by atoms with E-state index in [0.29, 0.717) is 5.15 Å². The molecule has 104 valence electrons. The van der Waals surface area contributed by atoms with Crippen molar-refractivity contribution in [2.75, 3.05) is 18.0 Å². The minimum atomic E-state index is 0.0331. The molecule has 2 heterocycles. The van der Waals surface area contributed by atoms with Crippen molar-refractivity contribution in [1.82, 2.24) is 10.3 Å². The van der Waals surface area contributed by atoms with Gasteiger partial charge in [-0.05, 0) is 25.0 Å². The highest BCUT2D eigenvalue weighted by Crippen LogP contribution is 2.21. The smallest absolute Gasteiger partial charge is 0.222 e. The molecule has 1 aliphatic heterocycles. The van der Waals surface area contributed by atoms with Crippen molar-refractivity contribution in [3.05, 3.63) is 23.5 Å². The fourth-order valence-electron chi connectivity index (χ4n) is 2.29. The van der Waals surface area contributed by atoms with Gasteiger partial charge in [0.05, 0.1) is 0 Å². The van der Waals surface area contributed by atoms with Crippen LogP contribution in [0.1, 0.15) is 26.7 Å². The van der Waals surface area contributed by atoms with Crippen molar-refractivity contribution in [1.29, 1.82) is 0 Å². The molecule has 1 aliphatic rings. The summed E-state index contributed by atoms with van der Waals surface area (Å²) in [5.41, 5.74) is 1.07. The number of aromatic nitrogens is 1. The highest BCUT2D eigenvalue weighted by molar-refractivity contribution is 6.29. The van der Waals surface area contributed by atoms with Gasteiger partial charge in [-0.15, -0.1) is 0 Å². The second-order valence-electron chi connectivity index (χ2n) is 5.29. The lowest BCUT2D eigenvalue weighted by molar-refractivity contribution is -0.124. The molecule has 5 heteroatoms. The number of pyridine rings is 1. The van der Waals surface area contributed by atoms with Crippen LogP contribution >= 0.6 is 11.6 Å². The molecule has 1 amide bonds. The van der Waals surface area contributed by atoms with Crippen LogP contribution in [-0.2, 0) is 4.79 Å². The van der Waals surface area contributed by atoms with Crippen molar-refractivity contribution in [2.24, 2.45) is 5.92 Å². The summed E-state index contributed by atoms with van der Waals surface area (Å²) < 4.78 is 0. The van der Waals surface area contributed by atoms with E-state index in [4.69, 9.17) is 11.6 Å². The number of piperidine rings is 1. The maximum atomic E-state index is 11.7. The second kappa shape index (κ2) is 6.24. The Morgan fingerprint density at radius 3 is 3.05 bits per heavy atom. The fourth-order valence-corrected chi connectivity index (χ4v) is 2.45. The van der Waals surface area contributed by atoms with Crippen LogP contribution in [-0.4, -0.2) is 30.0 Å². The number of amides is 1. The Morgan fingerprint density at radius 2 is 2.37 bits per heavy atom. The van der Waals surface area contributed by atoms with Gasteiger partial charge in [-0.2, -0.15) is 0 Å². The zero-order valence-corrected chi connectivity index (χ0v) is 12.2. The van der Waals surface area contributed by atoms with E-state index in [-0.39, 0.29) is 17.9 Å². The maximum Gasteiger partial charge on any atom is 0.222 e. The van der Waals surface area contributed by atoms with Crippen LogP contribution in [0, 0.1) is 5.92 Å². The van der Waals surface area contributed by atoms with Crippen molar-refractivity contribution < 1.29 is 4.79 Å². The number of hydrogen-bond donors (Lipinski definition) is 1. The SMILES string of the molecule is CC(C)C(=O)NC1CCCN(c2ccnc(Cl)c2)C1. The van der Waals surface area contributed by atoms with Gasteiger partial charge in [-0.1, -0.05) is 25.4 Å². The van der Waals surface area contributed by atoms with Gasteiger partial charge >= 0.3 is 0 Å². The summed E-state index contributed by atoms with van der Waals surface area (Å²) in [6.45, 7) is 5.66. The number of halogens is 1. The molecule has 1 fully saturated rings. The summed E-state index contributed by atoms with van der Waals surface area (Å²) in [5, 5.41) is 3.61. The molecule has 1 saturated heterocycles. The molecule has 0 bridgehead atoms. The number of nitrogens with zero attached hydrogens (tertiary/aromatic N) is 2. The van der Waals surface area contributed by atoms with Gasteiger partial charge in [0.1, 0.15) is 5.15 Å². The summed E-state index contributed by atoms with van der Waals surface area (Å²) in [4.78, 5) is 18.0. The van der Waals surface area contributed by atoms with Crippen molar-refractivity contribution in [3.8, 4) is 0 Å². The third kappa shape index (κ3) is 3.83. The maximum absolute atomic E-state index is 11.7. The molecular formula is C14H20ClN3O. The Morgan fingerprint density at radius 1 is 1.58 bits per heavy atom. The standard InChI is InChI=1S/C14H20ClN3O/c1-10(2)14(19)17-11-4-3-7-18(9-11)12-5-6-16-13(15)8-12/h5-6,8,10-11H,3-4,7,9H2,1-2H3,(H,17,19). The molecule has 1 aromatic heterocycles. The molecular weight excluding hydrogens is 262 g/mol. The van der Waals surface area contributed by atoms with E-state index in [2.05, 4.69) is 15.2 Å². The fraction of sp³-hybridized carbons (Fsp3) is 0.571. The molecule has 0 aliphatic carbocycles. The Hall–Kier alpha value is -1.29. The first-order chi connectivity index (χ1) is 9.06. The predicted octanol–water partition coefficient (Wildman–Crippen LogP) is 2.48. The zero-order chi connectivity index (χ0) is 13.8. The normalized spacial score (nSPS) is 19.6. The van der Waals surface area contributed by atoms with Gasteiger partial charge in [0.15, 0.2) is 0 Å². The quantitative estimate of drug-likeness (QED) is 0.866. The van der Waals surface area contributed by atoms with Gasteiger partial charge in [0.25, 0.3) is 0 Å². The first-order valence-electron chi connectivity index (χ1n) is 6.73. The molecule has 1 atom stereocenters. The molecule has 1 aromatic rings. The Balaban J connectivity index is 1.99. The third-order valence-electron chi connectivity index (χ3n) is 3.37. The average molecular weight is 282 g/mol. The van der Waals surface area contributed by atoms with Crippen molar-refractivity contribution in [2.45, 2.75) is 32.7 Å². The lowest BCUT2D eigenvalue weighted by atomic mass is 10.0. The van der Waals surface area contributed by atoms with Gasteiger partial charge in [0.2, 0.25) is 5.91 Å². The highest BCUT2D eigenvalue weighted by atomic mass is 35.5. The van der Waals surface area contributed by atoms with Crippen molar-refractivity contribution >= 4 is 23.2 Å². The minimum Gasteiger partial charge on any atom is -0.369 e. The molecule has 4 nitrogen and oxygen atoms in total. The predicted molar refractivity (Wildman–Crippen MR) is 77.5 cm³/mol. The van der Waals surface area contributed by atoms with Crippen LogP contribution < -0.4 is 10.2 Å². The summed E-state index contributed by atoms with van der Waals surface area (Å²) in [7, 11) is 0. The van der Waals surface area contributed by atoms with E-state index in [9.17, 15) is 4.79 Å². The number of nitrogens with one attached hydrogen (secondary N) is 1. The molecule has 0 spiro atoms. The average Bonchev–Trinajstić information content (AvgIpc) is 2.39. The van der Waals surface area contributed by atoms with E-state index in [1.807, 2.05) is 26.0 Å². The van der Waals surface area contributed by atoms with Crippen LogP contribution in [0.25, 0.3) is 0 Å². The first kappa shape index (κ1) is 14.1. The summed E-state index contributed by atoms with van der Waals surface area (Å²) in [6.07, 6.45) is 3.82. The molecule has 0 radical (unpaired) electrons. The highest BCUT2D eigenvalue weighted by Gasteiger charge is 2.22. The van der Waals surface area contributed by atoms with Gasteiger partial charge in [0, 0.05) is 36.9 Å². The summed E-state index contributed by atoms with van der Waals surface area (Å²) in [6, 6.07) is 4.04. The topological polar surface area (TPSA) is 45.2 Å². The van der Waals surface area contributed by atoms with Crippen LogP contribution in [0.3, 0.4) is 0 Å². The Labute approximate surface area is 119 Å². The lowest BCUT2D eigenvalue weighted by Gasteiger charge is -2.35. The molecule has 1 unspecified atom stereocenters. The van der Waals surface area contributed by atoms with E-state index in [0.717, 1.165) is 31.6 Å². The van der Waals surface area contributed by atoms with Gasteiger partial charge in [-0.25, -0.2) is 4.98 Å². The molecule has 2 rings (SSSR count). The van der Waals surface area contributed by atoms with Crippen LogP contribution in [0.15, 0.2) is 18.3 Å². The van der Waals surface area contributed by atoms with E-state index in [1.54, 1.807) is 6.20 Å². The summed E-state index contributed by atoms with van der Waals surface area (Å²) in [5.74, 6) is 0.158. The number of carbonyl (C=O) groups is 1. The van der Waals surface area contributed by atoms with Gasteiger partial charge < -0.3 is 10.2 Å². The van der Waals surface area contributed by atoms with Gasteiger partial charge in [-0.3, -0.25) is 4.79 Å². The number of anilines is 1. The molecule has 19 heavy (non-hydrogen) atoms. The van der Waals surface area contributed by atoms with E-state index < -0.39 is 0 Å². The number of hydrogen-bond acceptors (Lipinski definition) is 3. The molecule has 1 N–H and O–H groups in total. The first-order valence-corrected chi connectivity index (χ1v) is 7.11. The minimum absolute atomic E-state index is 0.0331.